The molecule has 102 valence electrons. The lowest BCUT2D eigenvalue weighted by atomic mass is 10.1. The van der Waals surface area contributed by atoms with Gasteiger partial charge in [0.15, 0.2) is 0 Å². The van der Waals surface area contributed by atoms with Crippen LogP contribution in [0.25, 0.3) is 0 Å². The minimum Gasteiger partial charge on any atom is -0.466 e. The molecule has 0 spiro atoms. The van der Waals surface area contributed by atoms with Crippen molar-refractivity contribution in [3.63, 3.8) is 0 Å². The van der Waals surface area contributed by atoms with Gasteiger partial charge in [-0.2, -0.15) is 5.10 Å². The van der Waals surface area contributed by atoms with Crippen molar-refractivity contribution in [1.82, 2.24) is 9.78 Å². The summed E-state index contributed by atoms with van der Waals surface area (Å²) in [7, 11) is 0. The summed E-state index contributed by atoms with van der Waals surface area (Å²) in [5, 5.41) is 7.37. The zero-order chi connectivity index (χ0) is 14.0. The average molecular weight is 262 g/mol. The number of carbonyl (C=O) groups is 1. The number of aryl methyl sites for hydroxylation is 2. The molecule has 0 radical (unpaired) electrons. The van der Waals surface area contributed by atoms with Crippen LogP contribution < -0.4 is 11.1 Å². The lowest BCUT2D eigenvalue weighted by Crippen LogP contribution is -2.18. The molecule has 0 aromatic carbocycles. The number of nitrogens with one attached hydrogen (secondary N) is 1. The Morgan fingerprint density at radius 2 is 2.32 bits per heavy atom. The van der Waals surface area contributed by atoms with Crippen molar-refractivity contribution < 1.29 is 9.21 Å². The summed E-state index contributed by atoms with van der Waals surface area (Å²) in [4.78, 5) is 10.8. The Morgan fingerprint density at radius 1 is 1.58 bits per heavy atom. The van der Waals surface area contributed by atoms with Crippen LogP contribution in [0.15, 0.2) is 22.9 Å². The fourth-order valence-electron chi connectivity index (χ4n) is 2.09. The third-order valence-corrected chi connectivity index (χ3v) is 2.88. The smallest absolute Gasteiger partial charge is 0.239 e. The summed E-state index contributed by atoms with van der Waals surface area (Å²) in [6.07, 6.45) is 3.42. The maximum Gasteiger partial charge on any atom is 0.239 e. The van der Waals surface area contributed by atoms with E-state index in [0.29, 0.717) is 0 Å². The van der Waals surface area contributed by atoms with Gasteiger partial charge in [-0.05, 0) is 26.8 Å². The van der Waals surface area contributed by atoms with Gasteiger partial charge in [0, 0.05) is 11.8 Å². The second-order valence-corrected chi connectivity index (χ2v) is 4.63. The van der Waals surface area contributed by atoms with E-state index in [1.165, 1.54) is 4.68 Å². The van der Waals surface area contributed by atoms with Gasteiger partial charge in [0.1, 0.15) is 18.1 Å². The predicted octanol–water partition coefficient (Wildman–Crippen LogP) is 1.75. The van der Waals surface area contributed by atoms with Crippen molar-refractivity contribution in [1.29, 1.82) is 0 Å². The summed E-state index contributed by atoms with van der Waals surface area (Å²) >= 11 is 0. The normalized spacial score (nSPS) is 12.4. The summed E-state index contributed by atoms with van der Waals surface area (Å²) < 4.78 is 7.01. The Kier molecular flexibility index (Phi) is 3.59. The highest BCUT2D eigenvalue weighted by atomic mass is 16.3. The van der Waals surface area contributed by atoms with Gasteiger partial charge in [-0.1, -0.05) is 0 Å². The monoisotopic (exact) mass is 262 g/mol. The summed E-state index contributed by atoms with van der Waals surface area (Å²) in [5.74, 6) is 1.39. The number of rotatable bonds is 5. The second kappa shape index (κ2) is 5.17. The number of hydrogen-bond donors (Lipinski definition) is 2. The highest BCUT2D eigenvalue weighted by Crippen LogP contribution is 2.24. The molecule has 0 aliphatic rings. The van der Waals surface area contributed by atoms with E-state index < -0.39 is 5.91 Å². The van der Waals surface area contributed by atoms with Gasteiger partial charge in [0.25, 0.3) is 0 Å². The van der Waals surface area contributed by atoms with Gasteiger partial charge in [-0.25, -0.2) is 0 Å². The van der Waals surface area contributed by atoms with Gasteiger partial charge in [-0.3, -0.25) is 9.48 Å². The van der Waals surface area contributed by atoms with E-state index in [-0.39, 0.29) is 12.6 Å². The Hall–Kier alpha value is -2.24. The molecule has 2 heterocycles. The third-order valence-electron chi connectivity index (χ3n) is 2.88. The van der Waals surface area contributed by atoms with Gasteiger partial charge in [0.05, 0.1) is 17.9 Å². The number of carbonyl (C=O) groups excluding carboxylic acids is 1. The topological polar surface area (TPSA) is 86.1 Å². The van der Waals surface area contributed by atoms with E-state index in [4.69, 9.17) is 10.2 Å². The fourth-order valence-corrected chi connectivity index (χ4v) is 2.09. The largest absolute Gasteiger partial charge is 0.466 e. The van der Waals surface area contributed by atoms with Crippen molar-refractivity contribution in [2.45, 2.75) is 33.4 Å². The Bertz CT molecular complexity index is 585. The van der Waals surface area contributed by atoms with E-state index in [1.54, 1.807) is 12.4 Å². The lowest BCUT2D eigenvalue weighted by Gasteiger charge is -2.12. The molecular weight excluding hydrogens is 244 g/mol. The second-order valence-electron chi connectivity index (χ2n) is 4.63. The molecule has 0 aliphatic heterocycles. The minimum absolute atomic E-state index is 0.0832. The highest BCUT2D eigenvalue weighted by Gasteiger charge is 2.13. The Morgan fingerprint density at radius 3 is 2.89 bits per heavy atom. The van der Waals surface area contributed by atoms with E-state index in [2.05, 4.69) is 10.4 Å². The summed E-state index contributed by atoms with van der Waals surface area (Å²) in [6, 6.07) is 2.12. The first-order valence-electron chi connectivity index (χ1n) is 6.10. The van der Waals surface area contributed by atoms with E-state index >= 15 is 0 Å². The maximum absolute atomic E-state index is 10.8. The highest BCUT2D eigenvalue weighted by molar-refractivity contribution is 5.73. The molecule has 2 aromatic heterocycles. The van der Waals surface area contributed by atoms with Crippen LogP contribution in [0.3, 0.4) is 0 Å². The standard InChI is InChI=1S/C13H18N4O2/c1-8-4-12(10(3)19-8)9(2)16-11-5-15-17(6-11)7-13(14)18/h4-6,9,16H,7H2,1-3H3,(H2,14,18). The number of furan rings is 1. The van der Waals surface area contributed by atoms with Crippen LogP contribution in [0.2, 0.25) is 0 Å². The molecule has 0 bridgehead atoms. The maximum atomic E-state index is 10.8. The van der Waals surface area contributed by atoms with Crippen LogP contribution in [-0.2, 0) is 11.3 Å². The first kappa shape index (κ1) is 13.2. The molecule has 1 atom stereocenters. The van der Waals surface area contributed by atoms with Gasteiger partial charge < -0.3 is 15.5 Å². The first-order chi connectivity index (χ1) is 8.95. The molecule has 1 unspecified atom stereocenters. The van der Waals surface area contributed by atoms with Crippen LogP contribution >= 0.6 is 0 Å². The van der Waals surface area contributed by atoms with Gasteiger partial charge >= 0.3 is 0 Å². The summed E-state index contributed by atoms with van der Waals surface area (Å²) in [6.45, 7) is 5.99. The van der Waals surface area contributed by atoms with Crippen LogP contribution in [0.1, 0.15) is 30.0 Å². The average Bonchev–Trinajstić information content (AvgIpc) is 2.84. The number of amides is 1. The molecule has 0 aliphatic carbocycles. The SMILES string of the molecule is Cc1cc(C(C)Nc2cnn(CC(N)=O)c2)c(C)o1. The van der Waals surface area contributed by atoms with Crippen LogP contribution in [0, 0.1) is 13.8 Å². The molecule has 3 N–H and O–H groups in total. The molecule has 2 rings (SSSR count). The first-order valence-corrected chi connectivity index (χ1v) is 6.10. The number of hydrogen-bond acceptors (Lipinski definition) is 4. The van der Waals surface area contributed by atoms with E-state index in [9.17, 15) is 4.79 Å². The molecular formula is C13H18N4O2. The molecule has 0 saturated carbocycles. The molecule has 19 heavy (non-hydrogen) atoms. The number of nitrogens with two attached hydrogens (primary N) is 1. The number of aromatic nitrogens is 2. The molecule has 1 amide bonds. The molecule has 0 saturated heterocycles. The Labute approximate surface area is 111 Å². The van der Waals surface area contributed by atoms with Crippen LogP contribution in [0.5, 0.6) is 0 Å². The predicted molar refractivity (Wildman–Crippen MR) is 71.6 cm³/mol. The van der Waals surface area contributed by atoms with Crippen molar-refractivity contribution in [2.24, 2.45) is 5.73 Å². The molecule has 6 nitrogen and oxygen atoms in total. The van der Waals surface area contributed by atoms with Crippen LogP contribution in [-0.4, -0.2) is 15.7 Å². The minimum atomic E-state index is -0.413. The lowest BCUT2D eigenvalue weighted by molar-refractivity contribution is -0.118. The number of nitrogens with zero attached hydrogens (tertiary/aromatic N) is 2. The van der Waals surface area contributed by atoms with Gasteiger partial charge in [-0.15, -0.1) is 0 Å². The quantitative estimate of drug-likeness (QED) is 0.859. The van der Waals surface area contributed by atoms with E-state index in [0.717, 1.165) is 22.8 Å². The van der Waals surface area contributed by atoms with E-state index in [1.807, 2.05) is 26.8 Å². The van der Waals surface area contributed by atoms with Crippen molar-refractivity contribution in [2.75, 3.05) is 5.32 Å². The van der Waals surface area contributed by atoms with Crippen LogP contribution in [0.4, 0.5) is 5.69 Å². The van der Waals surface area contributed by atoms with Crippen molar-refractivity contribution in [3.8, 4) is 0 Å². The van der Waals surface area contributed by atoms with Crippen molar-refractivity contribution >= 4 is 11.6 Å². The number of anilines is 1. The zero-order valence-corrected chi connectivity index (χ0v) is 11.3. The van der Waals surface area contributed by atoms with Crippen molar-refractivity contribution in [3.05, 3.63) is 35.5 Å². The third kappa shape index (κ3) is 3.15. The molecule has 2 aromatic rings. The fraction of sp³-hybridized carbons (Fsp3) is 0.385. The number of primary amides is 1. The molecule has 0 fully saturated rings. The van der Waals surface area contributed by atoms with Gasteiger partial charge in [0.2, 0.25) is 5.91 Å². The Balaban J connectivity index is 2.06. The summed E-state index contributed by atoms with van der Waals surface area (Å²) in [5.41, 5.74) is 7.07. The molecule has 6 heteroatoms. The zero-order valence-electron chi connectivity index (χ0n) is 11.3.